The third kappa shape index (κ3) is 2.87. The zero-order valence-corrected chi connectivity index (χ0v) is 16.2. The molecule has 2 aromatic carbocycles. The summed E-state index contributed by atoms with van der Waals surface area (Å²) >= 11 is 0. The van der Waals surface area contributed by atoms with Crippen LogP contribution >= 0.6 is 0 Å². The summed E-state index contributed by atoms with van der Waals surface area (Å²) in [6.07, 6.45) is 1.45. The van der Waals surface area contributed by atoms with Gasteiger partial charge in [-0.2, -0.15) is 4.98 Å². The molecule has 0 radical (unpaired) electrons. The first kappa shape index (κ1) is 17.9. The molecule has 0 fully saturated rings. The number of furan rings is 1. The first-order valence-corrected chi connectivity index (χ1v) is 9.09. The van der Waals surface area contributed by atoms with E-state index in [0.29, 0.717) is 34.0 Å². The van der Waals surface area contributed by atoms with Crippen molar-refractivity contribution >= 4 is 22.1 Å². The zero-order valence-electron chi connectivity index (χ0n) is 16.2. The fourth-order valence-electron chi connectivity index (χ4n) is 3.29. The summed E-state index contributed by atoms with van der Waals surface area (Å²) in [4.78, 5) is 21.6. The van der Waals surface area contributed by atoms with E-state index in [1.54, 1.807) is 38.5 Å². The third-order valence-corrected chi connectivity index (χ3v) is 4.77. The summed E-state index contributed by atoms with van der Waals surface area (Å²) in [7, 11) is 3.12. The van der Waals surface area contributed by atoms with E-state index in [1.165, 1.54) is 10.9 Å². The highest BCUT2D eigenvalue weighted by Crippen LogP contribution is 2.31. The Morgan fingerprint density at radius 1 is 1.10 bits per heavy atom. The molecule has 0 amide bonds. The lowest BCUT2D eigenvalue weighted by Gasteiger charge is -2.07. The number of hydrogen-bond acceptors (Lipinski definition) is 8. The van der Waals surface area contributed by atoms with Crippen molar-refractivity contribution in [2.75, 3.05) is 14.2 Å². The normalized spacial score (nSPS) is 11.3. The predicted molar refractivity (Wildman–Crippen MR) is 108 cm³/mol. The van der Waals surface area contributed by atoms with Gasteiger partial charge in [-0.25, -0.2) is 4.98 Å². The van der Waals surface area contributed by atoms with Crippen LogP contribution in [0.4, 0.5) is 0 Å². The van der Waals surface area contributed by atoms with Crippen LogP contribution in [0.3, 0.4) is 0 Å². The number of nitrogens with zero attached hydrogens (tertiary/aromatic N) is 4. The van der Waals surface area contributed by atoms with E-state index in [4.69, 9.17) is 18.4 Å². The molecule has 0 aliphatic carbocycles. The molecule has 0 unspecified atom stereocenters. The first-order chi connectivity index (χ1) is 14.7. The molecule has 0 aliphatic rings. The van der Waals surface area contributed by atoms with Crippen LogP contribution in [0, 0.1) is 0 Å². The lowest BCUT2D eigenvalue weighted by atomic mass is 10.2. The van der Waals surface area contributed by atoms with Gasteiger partial charge in [-0.1, -0.05) is 17.3 Å². The predicted octanol–water partition coefficient (Wildman–Crippen LogP) is 3.26. The molecule has 9 nitrogen and oxygen atoms in total. The largest absolute Gasteiger partial charge is 0.497 e. The minimum absolute atomic E-state index is 0.0598. The summed E-state index contributed by atoms with van der Waals surface area (Å²) in [6.45, 7) is 0.0598. The SMILES string of the molecule is COc1ccc(-c2noc(Cn3cnc4c(oc5ccccc54)c3=O)n2)c(OC)c1. The fourth-order valence-corrected chi connectivity index (χ4v) is 3.29. The molecule has 5 aromatic rings. The van der Waals surface area contributed by atoms with E-state index in [2.05, 4.69) is 15.1 Å². The molecule has 3 aromatic heterocycles. The van der Waals surface area contributed by atoms with Crippen molar-refractivity contribution in [3.63, 3.8) is 0 Å². The molecule has 0 spiro atoms. The van der Waals surface area contributed by atoms with Crippen molar-refractivity contribution in [2.45, 2.75) is 6.54 Å². The van der Waals surface area contributed by atoms with Gasteiger partial charge in [-0.05, 0) is 24.3 Å². The molecule has 0 bridgehead atoms. The number of fused-ring (bicyclic) bond motifs is 3. The summed E-state index contributed by atoms with van der Waals surface area (Å²) in [6, 6.07) is 12.7. The van der Waals surface area contributed by atoms with Gasteiger partial charge in [0, 0.05) is 11.5 Å². The molecule has 3 heterocycles. The van der Waals surface area contributed by atoms with Crippen LogP contribution in [0.1, 0.15) is 5.89 Å². The van der Waals surface area contributed by atoms with Gasteiger partial charge in [0.1, 0.15) is 29.1 Å². The highest BCUT2D eigenvalue weighted by Gasteiger charge is 2.17. The lowest BCUT2D eigenvalue weighted by Crippen LogP contribution is -2.20. The number of aromatic nitrogens is 4. The topological polar surface area (TPSA) is 105 Å². The van der Waals surface area contributed by atoms with Gasteiger partial charge >= 0.3 is 0 Å². The van der Waals surface area contributed by atoms with Gasteiger partial charge in [0.05, 0.1) is 26.1 Å². The van der Waals surface area contributed by atoms with Crippen molar-refractivity contribution in [3.8, 4) is 22.9 Å². The fraction of sp³-hybridized carbons (Fsp3) is 0.143. The van der Waals surface area contributed by atoms with Crippen LogP contribution in [0.25, 0.3) is 33.5 Å². The lowest BCUT2D eigenvalue weighted by molar-refractivity contribution is 0.368. The molecule has 5 rings (SSSR count). The van der Waals surface area contributed by atoms with Crippen molar-refractivity contribution in [1.82, 2.24) is 19.7 Å². The second-order valence-electron chi connectivity index (χ2n) is 6.53. The van der Waals surface area contributed by atoms with E-state index >= 15 is 0 Å². The average Bonchev–Trinajstić information content (AvgIpc) is 3.40. The Labute approximate surface area is 169 Å². The Balaban J connectivity index is 1.50. The maximum atomic E-state index is 12.9. The standard InChI is InChI=1S/C21H16N4O5/c1-27-12-7-8-14(16(9-12)28-2)20-23-17(30-24-20)10-25-11-22-18-13-5-3-4-6-15(13)29-19(18)21(25)26/h3-9,11H,10H2,1-2H3. The Morgan fingerprint density at radius 3 is 2.80 bits per heavy atom. The van der Waals surface area contributed by atoms with Crippen LogP contribution in [0.5, 0.6) is 11.5 Å². The molecule has 9 heteroatoms. The maximum Gasteiger partial charge on any atom is 0.297 e. The van der Waals surface area contributed by atoms with Crippen LogP contribution in [0.2, 0.25) is 0 Å². The minimum Gasteiger partial charge on any atom is -0.497 e. The second-order valence-corrected chi connectivity index (χ2v) is 6.53. The minimum atomic E-state index is -0.321. The average molecular weight is 404 g/mol. The summed E-state index contributed by atoms with van der Waals surface area (Å²) in [5.74, 6) is 1.79. The van der Waals surface area contributed by atoms with Gasteiger partial charge in [0.15, 0.2) is 0 Å². The number of methoxy groups -OCH3 is 2. The van der Waals surface area contributed by atoms with Crippen LogP contribution in [-0.2, 0) is 6.54 Å². The number of benzene rings is 2. The Morgan fingerprint density at radius 2 is 1.97 bits per heavy atom. The van der Waals surface area contributed by atoms with Crippen molar-refractivity contribution in [3.05, 3.63) is 65.0 Å². The Kier molecular flexibility index (Phi) is 4.20. The summed E-state index contributed by atoms with van der Waals surface area (Å²) in [5, 5.41) is 4.80. The number of hydrogen-bond donors (Lipinski definition) is 0. The molecule has 150 valence electrons. The molecule has 0 atom stereocenters. The third-order valence-electron chi connectivity index (χ3n) is 4.77. The molecule has 0 N–H and O–H groups in total. The highest BCUT2D eigenvalue weighted by molar-refractivity contribution is 6.01. The van der Waals surface area contributed by atoms with E-state index < -0.39 is 0 Å². The molecule has 0 saturated heterocycles. The van der Waals surface area contributed by atoms with Crippen molar-refractivity contribution in [1.29, 1.82) is 0 Å². The Bertz CT molecular complexity index is 1430. The van der Waals surface area contributed by atoms with Gasteiger partial charge in [-0.15, -0.1) is 0 Å². The van der Waals surface area contributed by atoms with E-state index in [0.717, 1.165) is 5.39 Å². The van der Waals surface area contributed by atoms with Crippen LogP contribution in [-0.4, -0.2) is 33.9 Å². The monoisotopic (exact) mass is 404 g/mol. The number of ether oxygens (including phenoxy) is 2. The highest BCUT2D eigenvalue weighted by atomic mass is 16.5. The first-order valence-electron chi connectivity index (χ1n) is 9.09. The quantitative estimate of drug-likeness (QED) is 0.439. The summed E-state index contributed by atoms with van der Waals surface area (Å²) in [5.41, 5.74) is 1.65. The van der Waals surface area contributed by atoms with Gasteiger partial charge in [-0.3, -0.25) is 9.36 Å². The van der Waals surface area contributed by atoms with Gasteiger partial charge in [0.25, 0.3) is 5.56 Å². The summed E-state index contributed by atoms with van der Waals surface area (Å²) < 4.78 is 23.0. The molecule has 0 aliphatic heterocycles. The smallest absolute Gasteiger partial charge is 0.297 e. The van der Waals surface area contributed by atoms with Crippen LogP contribution < -0.4 is 15.0 Å². The van der Waals surface area contributed by atoms with Crippen molar-refractivity contribution < 1.29 is 18.4 Å². The van der Waals surface area contributed by atoms with E-state index in [-0.39, 0.29) is 23.6 Å². The molecule has 30 heavy (non-hydrogen) atoms. The van der Waals surface area contributed by atoms with E-state index in [1.807, 2.05) is 18.2 Å². The van der Waals surface area contributed by atoms with Gasteiger partial charge in [0.2, 0.25) is 17.3 Å². The van der Waals surface area contributed by atoms with E-state index in [9.17, 15) is 4.79 Å². The van der Waals surface area contributed by atoms with Crippen LogP contribution in [0.15, 0.2) is 62.5 Å². The van der Waals surface area contributed by atoms with Crippen molar-refractivity contribution in [2.24, 2.45) is 0 Å². The maximum absolute atomic E-state index is 12.9. The zero-order chi connectivity index (χ0) is 20.7. The second kappa shape index (κ2) is 7.03. The molecular formula is C21H16N4O5. The van der Waals surface area contributed by atoms with Gasteiger partial charge < -0.3 is 18.4 Å². The molecular weight excluding hydrogens is 388 g/mol. The number of rotatable bonds is 5. The Hall–Kier alpha value is -4.14. The number of para-hydroxylation sites is 1. The molecule has 0 saturated carbocycles.